The molecule has 0 saturated heterocycles. The average Bonchev–Trinajstić information content (AvgIpc) is 2.39. The van der Waals surface area contributed by atoms with E-state index in [1.165, 1.54) is 18.3 Å². The number of nitrogen functional groups attached to an aromatic ring is 1. The Balaban J connectivity index is 2.45. The third kappa shape index (κ3) is 2.34. The fourth-order valence-electron chi connectivity index (χ4n) is 1.34. The molecule has 7 heteroatoms. The molecule has 0 spiro atoms. The van der Waals surface area contributed by atoms with E-state index in [0.717, 1.165) is 0 Å². The van der Waals surface area contributed by atoms with Gasteiger partial charge in [0.25, 0.3) is 5.69 Å². The normalized spacial score (nSPS) is 9.94. The number of nitrogens with two attached hydrogens (primary N) is 1. The summed E-state index contributed by atoms with van der Waals surface area (Å²) >= 11 is 0. The summed E-state index contributed by atoms with van der Waals surface area (Å²) in [5.41, 5.74) is 2.95. The lowest BCUT2D eigenvalue weighted by atomic mass is 10.2. The van der Waals surface area contributed by atoms with Gasteiger partial charge in [-0.2, -0.15) is 0 Å². The molecule has 0 aliphatic carbocycles. The smallest absolute Gasteiger partial charge is 0.270 e. The molecule has 1 heterocycles. The maximum absolute atomic E-state index is 10.6. The number of rotatable bonds is 3. The van der Waals surface area contributed by atoms with Crippen molar-refractivity contribution in [1.29, 1.82) is 0 Å². The van der Waals surface area contributed by atoms with E-state index in [0.29, 0.717) is 17.2 Å². The van der Waals surface area contributed by atoms with Crippen LogP contribution >= 0.6 is 0 Å². The van der Waals surface area contributed by atoms with Gasteiger partial charge in [0.05, 0.1) is 4.92 Å². The Bertz CT molecular complexity index is 558. The topological polar surface area (TPSA) is 107 Å². The van der Waals surface area contributed by atoms with Crippen LogP contribution in [-0.2, 0) is 0 Å². The zero-order valence-corrected chi connectivity index (χ0v) is 8.70. The first-order valence-electron chi connectivity index (χ1n) is 4.75. The van der Waals surface area contributed by atoms with Gasteiger partial charge in [0.2, 0.25) is 0 Å². The number of benzene rings is 1. The maximum atomic E-state index is 10.6. The van der Waals surface area contributed by atoms with Crippen molar-refractivity contribution < 1.29 is 4.92 Å². The number of anilines is 1. The minimum Gasteiger partial charge on any atom is -0.308 e. The lowest BCUT2D eigenvalue weighted by Gasteiger charge is -2.02. The fourth-order valence-corrected chi connectivity index (χ4v) is 1.34. The van der Waals surface area contributed by atoms with E-state index >= 15 is 0 Å². The van der Waals surface area contributed by atoms with Crippen molar-refractivity contribution in [3.05, 3.63) is 46.6 Å². The number of aromatic nitrogens is 2. The van der Waals surface area contributed by atoms with Crippen molar-refractivity contribution in [3.63, 3.8) is 0 Å². The Morgan fingerprint density at radius 2 is 2.18 bits per heavy atom. The number of nitrogens with one attached hydrogen (secondary N) is 1. The molecule has 0 aliphatic heterocycles. The summed E-state index contributed by atoms with van der Waals surface area (Å²) in [6, 6.07) is 7.70. The Hall–Kier alpha value is -2.54. The van der Waals surface area contributed by atoms with Gasteiger partial charge in [-0.1, -0.05) is 12.1 Å². The van der Waals surface area contributed by atoms with Crippen LogP contribution in [-0.4, -0.2) is 14.9 Å². The Morgan fingerprint density at radius 1 is 1.35 bits per heavy atom. The zero-order valence-electron chi connectivity index (χ0n) is 8.70. The summed E-state index contributed by atoms with van der Waals surface area (Å²) in [6.07, 6.45) is 1.52. The van der Waals surface area contributed by atoms with E-state index in [1.807, 2.05) is 0 Å². The largest absolute Gasteiger partial charge is 0.308 e. The highest BCUT2D eigenvalue weighted by Crippen LogP contribution is 2.21. The van der Waals surface area contributed by atoms with Crippen LogP contribution in [0.15, 0.2) is 36.5 Å². The van der Waals surface area contributed by atoms with E-state index < -0.39 is 4.92 Å². The molecule has 1 aromatic heterocycles. The van der Waals surface area contributed by atoms with E-state index in [4.69, 9.17) is 5.84 Å². The molecule has 7 nitrogen and oxygen atoms in total. The second-order valence-electron chi connectivity index (χ2n) is 3.22. The van der Waals surface area contributed by atoms with Crippen LogP contribution in [0.2, 0.25) is 0 Å². The Labute approximate surface area is 96.4 Å². The molecular weight excluding hydrogens is 222 g/mol. The predicted octanol–water partition coefficient (Wildman–Crippen LogP) is 1.34. The first-order valence-corrected chi connectivity index (χ1v) is 4.75. The maximum Gasteiger partial charge on any atom is 0.270 e. The summed E-state index contributed by atoms with van der Waals surface area (Å²) in [7, 11) is 0. The number of hydrogen-bond donors (Lipinski definition) is 2. The molecule has 0 aliphatic rings. The van der Waals surface area contributed by atoms with Gasteiger partial charge in [-0.15, -0.1) is 0 Å². The molecule has 17 heavy (non-hydrogen) atoms. The van der Waals surface area contributed by atoms with Crippen LogP contribution in [0.4, 0.5) is 11.5 Å². The molecule has 2 aromatic rings. The third-order valence-corrected chi connectivity index (χ3v) is 2.12. The van der Waals surface area contributed by atoms with Gasteiger partial charge < -0.3 is 5.43 Å². The van der Waals surface area contributed by atoms with Crippen molar-refractivity contribution in [2.75, 3.05) is 5.43 Å². The highest BCUT2D eigenvalue weighted by Gasteiger charge is 2.08. The predicted molar refractivity (Wildman–Crippen MR) is 61.9 cm³/mol. The van der Waals surface area contributed by atoms with Gasteiger partial charge in [0.15, 0.2) is 5.82 Å². The molecule has 1 aromatic carbocycles. The summed E-state index contributed by atoms with van der Waals surface area (Å²) < 4.78 is 0. The van der Waals surface area contributed by atoms with E-state index in [1.54, 1.807) is 18.2 Å². The summed E-state index contributed by atoms with van der Waals surface area (Å²) in [6.45, 7) is 0. The van der Waals surface area contributed by atoms with Crippen LogP contribution in [0.3, 0.4) is 0 Å². The molecule has 0 saturated carbocycles. The molecule has 0 bridgehead atoms. The fraction of sp³-hybridized carbons (Fsp3) is 0. The standard InChI is InChI=1S/C10H9N5O2/c11-14-9-4-5-12-10(13-9)7-2-1-3-8(6-7)15(16)17/h1-6H,11H2,(H,12,13,14). The van der Waals surface area contributed by atoms with Crippen LogP contribution in [0.1, 0.15) is 0 Å². The number of hydrazine groups is 1. The number of nitro benzene ring substituents is 1. The highest BCUT2D eigenvalue weighted by molar-refractivity contribution is 5.60. The van der Waals surface area contributed by atoms with E-state index in [2.05, 4.69) is 15.4 Å². The molecule has 0 fully saturated rings. The molecular formula is C10H9N5O2. The van der Waals surface area contributed by atoms with Crippen LogP contribution in [0, 0.1) is 10.1 Å². The summed E-state index contributed by atoms with van der Waals surface area (Å²) in [5.74, 6) is 6.05. The molecule has 2 rings (SSSR count). The molecule has 0 atom stereocenters. The number of hydrogen-bond acceptors (Lipinski definition) is 6. The van der Waals surface area contributed by atoms with Gasteiger partial charge in [-0.3, -0.25) is 10.1 Å². The van der Waals surface area contributed by atoms with Gasteiger partial charge >= 0.3 is 0 Å². The van der Waals surface area contributed by atoms with Crippen LogP contribution < -0.4 is 11.3 Å². The monoisotopic (exact) mass is 231 g/mol. The van der Waals surface area contributed by atoms with Crippen molar-refractivity contribution >= 4 is 11.5 Å². The molecule has 0 unspecified atom stereocenters. The lowest BCUT2D eigenvalue weighted by Crippen LogP contribution is -2.09. The number of non-ortho nitro benzene ring substituents is 1. The molecule has 0 amide bonds. The van der Waals surface area contributed by atoms with E-state index in [-0.39, 0.29) is 5.69 Å². The van der Waals surface area contributed by atoms with E-state index in [9.17, 15) is 10.1 Å². The summed E-state index contributed by atoms with van der Waals surface area (Å²) in [4.78, 5) is 18.3. The van der Waals surface area contributed by atoms with Gasteiger partial charge in [-0.05, 0) is 0 Å². The minimum absolute atomic E-state index is 0.00258. The number of nitro groups is 1. The van der Waals surface area contributed by atoms with Gasteiger partial charge in [0, 0.05) is 30.0 Å². The second-order valence-corrected chi connectivity index (χ2v) is 3.22. The lowest BCUT2D eigenvalue weighted by molar-refractivity contribution is -0.384. The van der Waals surface area contributed by atoms with Crippen LogP contribution in [0.5, 0.6) is 0 Å². The molecule has 0 radical (unpaired) electrons. The van der Waals surface area contributed by atoms with Crippen molar-refractivity contribution in [1.82, 2.24) is 9.97 Å². The van der Waals surface area contributed by atoms with Crippen LogP contribution in [0.25, 0.3) is 11.4 Å². The highest BCUT2D eigenvalue weighted by atomic mass is 16.6. The third-order valence-electron chi connectivity index (χ3n) is 2.12. The minimum atomic E-state index is -0.464. The first-order chi connectivity index (χ1) is 8.20. The Morgan fingerprint density at radius 3 is 2.88 bits per heavy atom. The Kier molecular flexibility index (Phi) is 2.93. The SMILES string of the molecule is NNc1ccnc(-c2cccc([N+](=O)[O-])c2)n1. The van der Waals surface area contributed by atoms with Crippen molar-refractivity contribution in [3.8, 4) is 11.4 Å². The molecule has 86 valence electrons. The second kappa shape index (κ2) is 4.54. The quantitative estimate of drug-likeness (QED) is 0.469. The molecule has 3 N–H and O–H groups in total. The van der Waals surface area contributed by atoms with Crippen molar-refractivity contribution in [2.24, 2.45) is 5.84 Å². The van der Waals surface area contributed by atoms with Gasteiger partial charge in [0.1, 0.15) is 5.82 Å². The zero-order chi connectivity index (χ0) is 12.3. The number of nitrogens with zero attached hydrogens (tertiary/aromatic N) is 3. The average molecular weight is 231 g/mol. The first kappa shape index (κ1) is 11.0. The summed E-state index contributed by atoms with van der Waals surface area (Å²) in [5, 5.41) is 10.6. The van der Waals surface area contributed by atoms with Gasteiger partial charge in [-0.25, -0.2) is 15.8 Å². The van der Waals surface area contributed by atoms with Crippen molar-refractivity contribution in [2.45, 2.75) is 0 Å².